The van der Waals surface area contributed by atoms with E-state index >= 15 is 0 Å². The van der Waals surface area contributed by atoms with Crippen molar-refractivity contribution in [2.45, 2.75) is 37.1 Å². The number of aromatic nitrogens is 2. The van der Waals surface area contributed by atoms with Crippen molar-refractivity contribution in [2.24, 2.45) is 7.05 Å². The Labute approximate surface area is 129 Å². The summed E-state index contributed by atoms with van der Waals surface area (Å²) < 4.78 is 43.2. The summed E-state index contributed by atoms with van der Waals surface area (Å²) in [7, 11) is -2.10. The van der Waals surface area contributed by atoms with Crippen molar-refractivity contribution in [2.75, 3.05) is 0 Å². The molecule has 118 valence electrons. The lowest BCUT2D eigenvalue weighted by Crippen LogP contribution is -2.31. The van der Waals surface area contributed by atoms with E-state index in [2.05, 4.69) is 9.82 Å². The third-order valence-electron chi connectivity index (χ3n) is 3.89. The fourth-order valence-corrected chi connectivity index (χ4v) is 4.27. The maximum absolute atomic E-state index is 13.9. The van der Waals surface area contributed by atoms with Crippen molar-refractivity contribution in [1.82, 2.24) is 14.5 Å². The number of nitrogens with one attached hydrogen (secondary N) is 1. The number of rotatable bonds is 3. The van der Waals surface area contributed by atoms with Gasteiger partial charge in [-0.1, -0.05) is 6.07 Å². The van der Waals surface area contributed by atoms with Crippen LogP contribution >= 0.6 is 0 Å². The quantitative estimate of drug-likeness (QED) is 0.942. The van der Waals surface area contributed by atoms with Gasteiger partial charge in [-0.2, -0.15) is 5.10 Å². The van der Waals surface area contributed by atoms with Crippen molar-refractivity contribution < 1.29 is 12.8 Å². The highest BCUT2D eigenvalue weighted by Crippen LogP contribution is 2.30. The number of benzene rings is 1. The fourth-order valence-electron chi connectivity index (χ4n) is 2.86. The lowest BCUT2D eigenvalue weighted by Gasteiger charge is -2.22. The summed E-state index contributed by atoms with van der Waals surface area (Å²) >= 11 is 0. The van der Waals surface area contributed by atoms with Gasteiger partial charge in [0, 0.05) is 18.8 Å². The van der Waals surface area contributed by atoms with E-state index in [4.69, 9.17) is 0 Å². The van der Waals surface area contributed by atoms with Crippen molar-refractivity contribution in [3.63, 3.8) is 0 Å². The van der Waals surface area contributed by atoms with Crippen LogP contribution in [0.4, 0.5) is 4.39 Å². The number of aryl methyl sites for hydroxylation is 3. The topological polar surface area (TPSA) is 64.0 Å². The Kier molecular flexibility index (Phi) is 3.78. The van der Waals surface area contributed by atoms with Crippen molar-refractivity contribution in [3.05, 3.63) is 47.0 Å². The second-order valence-electron chi connectivity index (χ2n) is 5.70. The van der Waals surface area contributed by atoms with Crippen LogP contribution in [-0.2, 0) is 23.5 Å². The zero-order valence-electron chi connectivity index (χ0n) is 12.5. The Morgan fingerprint density at radius 2 is 2.18 bits per heavy atom. The first-order valence-electron chi connectivity index (χ1n) is 7.18. The largest absolute Gasteiger partial charge is 0.275 e. The Morgan fingerprint density at radius 3 is 2.95 bits per heavy atom. The molecule has 1 atom stereocenters. The lowest BCUT2D eigenvalue weighted by atomic mass is 9.94. The maximum Gasteiger partial charge on any atom is 0.244 e. The van der Waals surface area contributed by atoms with E-state index in [1.807, 2.05) is 13.2 Å². The van der Waals surface area contributed by atoms with Gasteiger partial charge in [0.15, 0.2) is 0 Å². The molecule has 7 heteroatoms. The number of hydrogen-bond donors (Lipinski definition) is 1. The van der Waals surface area contributed by atoms with Gasteiger partial charge in [0.25, 0.3) is 0 Å². The maximum atomic E-state index is 13.9. The molecule has 2 aromatic rings. The molecule has 1 aliphatic carbocycles. The molecule has 3 rings (SSSR count). The molecule has 1 unspecified atom stereocenters. The van der Waals surface area contributed by atoms with Crippen molar-refractivity contribution in [1.29, 1.82) is 0 Å². The number of nitrogens with zero attached hydrogens (tertiary/aromatic N) is 2. The normalized spacial score (nSPS) is 18.2. The van der Waals surface area contributed by atoms with Crippen LogP contribution in [0.1, 0.15) is 35.7 Å². The van der Waals surface area contributed by atoms with Crippen LogP contribution in [0.15, 0.2) is 29.3 Å². The van der Waals surface area contributed by atoms with Gasteiger partial charge >= 0.3 is 0 Å². The third-order valence-corrected chi connectivity index (χ3v) is 5.38. The van der Waals surface area contributed by atoms with Crippen LogP contribution < -0.4 is 4.72 Å². The molecule has 1 N–H and O–H groups in total. The Hall–Kier alpha value is -1.73. The summed E-state index contributed by atoms with van der Waals surface area (Å²) in [5, 5.41) is 4.34. The van der Waals surface area contributed by atoms with Crippen LogP contribution in [0, 0.1) is 12.7 Å². The zero-order chi connectivity index (χ0) is 15.9. The smallest absolute Gasteiger partial charge is 0.244 e. The minimum absolute atomic E-state index is 0.302. The summed E-state index contributed by atoms with van der Waals surface area (Å²) in [5.74, 6) is -0.736. The Bertz CT molecular complexity index is 814. The Balaban J connectivity index is 1.94. The minimum Gasteiger partial charge on any atom is -0.275 e. The summed E-state index contributed by atoms with van der Waals surface area (Å²) in [6.07, 6.45) is 4.21. The van der Waals surface area contributed by atoms with Gasteiger partial charge in [-0.3, -0.25) is 4.68 Å². The summed E-state index contributed by atoms with van der Waals surface area (Å²) in [4.78, 5) is -0.302. The molecule has 1 aromatic carbocycles. The molecule has 0 aliphatic heterocycles. The van der Waals surface area contributed by atoms with Crippen LogP contribution in [0.3, 0.4) is 0 Å². The van der Waals surface area contributed by atoms with Gasteiger partial charge in [-0.05, 0) is 43.9 Å². The van der Waals surface area contributed by atoms with Crippen molar-refractivity contribution >= 4 is 10.0 Å². The van der Waals surface area contributed by atoms with E-state index in [1.165, 1.54) is 12.1 Å². The minimum atomic E-state index is -3.91. The predicted octanol–water partition coefficient (Wildman–Crippen LogP) is 2.22. The molecule has 0 bridgehead atoms. The first-order chi connectivity index (χ1) is 10.4. The zero-order valence-corrected chi connectivity index (χ0v) is 13.3. The van der Waals surface area contributed by atoms with E-state index in [9.17, 15) is 12.8 Å². The molecule has 0 radical (unpaired) electrons. The van der Waals surface area contributed by atoms with Gasteiger partial charge in [0.05, 0.1) is 11.7 Å². The number of sulfonamides is 1. The van der Waals surface area contributed by atoms with Gasteiger partial charge in [0.2, 0.25) is 10.0 Å². The summed E-state index contributed by atoms with van der Waals surface area (Å²) in [5.41, 5.74) is 2.49. The first-order valence-corrected chi connectivity index (χ1v) is 8.66. The van der Waals surface area contributed by atoms with Crippen LogP contribution in [0.2, 0.25) is 0 Å². The number of hydrogen-bond acceptors (Lipinski definition) is 3. The molecular weight excluding hydrogens is 305 g/mol. The molecule has 0 fully saturated rings. The van der Waals surface area contributed by atoms with Gasteiger partial charge in [-0.15, -0.1) is 0 Å². The van der Waals surface area contributed by atoms with E-state index in [0.29, 0.717) is 12.0 Å². The Morgan fingerprint density at radius 1 is 1.41 bits per heavy atom. The molecule has 1 aromatic heterocycles. The SMILES string of the molecule is Cc1ccc(F)c(S(=O)(=O)NC2CCCc3nn(C)cc32)c1. The monoisotopic (exact) mass is 323 g/mol. The summed E-state index contributed by atoms with van der Waals surface area (Å²) in [6, 6.07) is 3.72. The van der Waals surface area contributed by atoms with Crippen molar-refractivity contribution in [3.8, 4) is 0 Å². The molecule has 1 aliphatic rings. The lowest BCUT2D eigenvalue weighted by molar-refractivity contribution is 0.500. The molecular formula is C15H18FN3O2S. The fraction of sp³-hybridized carbons (Fsp3) is 0.400. The molecule has 22 heavy (non-hydrogen) atoms. The van der Waals surface area contributed by atoms with E-state index in [-0.39, 0.29) is 10.9 Å². The molecule has 5 nitrogen and oxygen atoms in total. The first kappa shape index (κ1) is 15.2. The van der Waals surface area contributed by atoms with Crippen LogP contribution in [-0.4, -0.2) is 18.2 Å². The average molecular weight is 323 g/mol. The summed E-state index contributed by atoms with van der Waals surface area (Å²) in [6.45, 7) is 1.73. The molecule has 0 saturated carbocycles. The predicted molar refractivity (Wildman–Crippen MR) is 80.3 cm³/mol. The third kappa shape index (κ3) is 2.78. The molecule has 0 saturated heterocycles. The van der Waals surface area contributed by atoms with E-state index < -0.39 is 15.8 Å². The van der Waals surface area contributed by atoms with Gasteiger partial charge in [-0.25, -0.2) is 17.5 Å². The van der Waals surface area contributed by atoms with Crippen LogP contribution in [0.25, 0.3) is 0 Å². The van der Waals surface area contributed by atoms with Gasteiger partial charge in [0.1, 0.15) is 10.7 Å². The highest BCUT2D eigenvalue weighted by molar-refractivity contribution is 7.89. The van der Waals surface area contributed by atoms with E-state index in [1.54, 1.807) is 17.7 Å². The highest BCUT2D eigenvalue weighted by atomic mass is 32.2. The van der Waals surface area contributed by atoms with Crippen LogP contribution in [0.5, 0.6) is 0 Å². The number of halogens is 1. The average Bonchev–Trinajstić information content (AvgIpc) is 2.82. The molecule has 1 heterocycles. The second-order valence-corrected chi connectivity index (χ2v) is 7.39. The standard InChI is InChI=1S/C15H18FN3O2S/c1-10-6-7-12(16)15(8-10)22(20,21)18-14-5-3-4-13-11(14)9-19(2)17-13/h6-9,14,18H,3-5H2,1-2H3. The van der Waals surface area contributed by atoms with E-state index in [0.717, 1.165) is 24.1 Å². The van der Waals surface area contributed by atoms with Gasteiger partial charge < -0.3 is 0 Å². The highest BCUT2D eigenvalue weighted by Gasteiger charge is 2.29. The molecule has 0 amide bonds. The second kappa shape index (κ2) is 5.48. The molecule has 0 spiro atoms. The number of fused-ring (bicyclic) bond motifs is 1.